The summed E-state index contributed by atoms with van der Waals surface area (Å²) in [6.07, 6.45) is -38.4. The molecule has 5 saturated heterocycles. The predicted octanol–water partition coefficient (Wildman–Crippen LogP) is -5.41. The molecule has 3 saturated carbocycles. The third kappa shape index (κ3) is 12.8. The minimum absolute atomic E-state index is 0.0238. The topological polar surface area (TPSA) is 477 Å². The highest BCUT2D eigenvalue weighted by molar-refractivity contribution is 5.32. The molecular formula is C60H102O29. The predicted molar refractivity (Wildman–Crippen MR) is 300 cm³/mol. The molecule has 29 heteroatoms. The first kappa shape index (κ1) is 71.9. The Morgan fingerprint density at radius 3 is 1.39 bits per heavy atom. The van der Waals surface area contributed by atoms with Crippen LogP contribution in [0.5, 0.6) is 0 Å². The summed E-state index contributed by atoms with van der Waals surface area (Å²) in [7, 11) is 0. The van der Waals surface area contributed by atoms with E-state index in [1.807, 2.05) is 13.8 Å². The Kier molecular flexibility index (Phi) is 22.3. The summed E-state index contributed by atoms with van der Waals surface area (Å²) >= 11 is 0. The lowest BCUT2D eigenvalue weighted by atomic mass is 9.38. The summed E-state index contributed by atoms with van der Waals surface area (Å²) in [5.74, 6) is 0.00328. The molecule has 0 bridgehead atoms. The lowest BCUT2D eigenvalue weighted by molar-refractivity contribution is -0.390. The maximum absolute atomic E-state index is 12.8. The van der Waals surface area contributed by atoms with Crippen LogP contribution in [0, 0.1) is 45.3 Å². The lowest BCUT2D eigenvalue weighted by Crippen LogP contribution is -2.67. The van der Waals surface area contributed by atoms with Gasteiger partial charge in [-0.3, -0.25) is 0 Å². The van der Waals surface area contributed by atoms with Gasteiger partial charge < -0.3 is 144 Å². The summed E-state index contributed by atoms with van der Waals surface area (Å²) in [6.45, 7) is 12.1. The van der Waals surface area contributed by atoms with E-state index in [0.29, 0.717) is 32.1 Å². The Morgan fingerprint density at radius 2 is 0.921 bits per heavy atom. The van der Waals surface area contributed by atoms with Gasteiger partial charge in [0.25, 0.3) is 0 Å². The first-order valence-corrected chi connectivity index (χ1v) is 31.6. The van der Waals surface area contributed by atoms with Crippen molar-refractivity contribution in [3.05, 3.63) is 11.6 Å². The summed E-state index contributed by atoms with van der Waals surface area (Å²) in [6, 6.07) is 0. The van der Waals surface area contributed by atoms with Crippen molar-refractivity contribution in [3.8, 4) is 0 Å². The highest BCUT2D eigenvalue weighted by atomic mass is 16.8. The Balaban J connectivity index is 0.879. The number of rotatable bonds is 20. The van der Waals surface area contributed by atoms with Crippen LogP contribution >= 0.6 is 0 Å². The van der Waals surface area contributed by atoms with Crippen LogP contribution in [0.1, 0.15) is 107 Å². The van der Waals surface area contributed by atoms with Crippen LogP contribution in [-0.2, 0) is 47.4 Å². The molecule has 0 aromatic carbocycles. The second-order valence-corrected chi connectivity index (χ2v) is 28.6. The Morgan fingerprint density at radius 1 is 0.494 bits per heavy atom. The molecule has 0 aromatic heterocycles. The molecule has 5 heterocycles. The Bertz CT molecular complexity index is 2350. The van der Waals surface area contributed by atoms with Gasteiger partial charge in [0.1, 0.15) is 122 Å². The molecule has 8 fully saturated rings. The van der Waals surface area contributed by atoms with E-state index in [4.69, 9.17) is 47.4 Å². The molecule has 29 nitrogen and oxygen atoms in total. The number of ether oxygens (including phenoxy) is 10. The monoisotopic (exact) mass is 1290 g/mol. The van der Waals surface area contributed by atoms with E-state index in [-0.39, 0.29) is 40.9 Å². The third-order valence-electron chi connectivity index (χ3n) is 22.9. The quantitative estimate of drug-likeness (QED) is 0.0506. The van der Waals surface area contributed by atoms with Crippen LogP contribution in [0.3, 0.4) is 0 Å². The molecule has 35 atom stereocenters. The van der Waals surface area contributed by atoms with Gasteiger partial charge in [0, 0.05) is 10.8 Å². The number of aliphatic hydroxyl groups excluding tert-OH is 18. The molecule has 89 heavy (non-hydrogen) atoms. The molecule has 0 spiro atoms. The summed E-state index contributed by atoms with van der Waals surface area (Å²) < 4.78 is 59.5. The van der Waals surface area contributed by atoms with E-state index < -0.39 is 221 Å². The highest BCUT2D eigenvalue weighted by Crippen LogP contribution is 2.75. The van der Waals surface area contributed by atoms with Crippen molar-refractivity contribution in [2.75, 3.05) is 33.0 Å². The van der Waals surface area contributed by atoms with Crippen LogP contribution in [-0.4, -0.2) is 308 Å². The van der Waals surface area contributed by atoms with Gasteiger partial charge >= 0.3 is 0 Å². The van der Waals surface area contributed by atoms with Crippen molar-refractivity contribution in [2.45, 2.75) is 284 Å². The summed E-state index contributed by atoms with van der Waals surface area (Å²) in [5, 5.41) is 206. The van der Waals surface area contributed by atoms with Gasteiger partial charge in [0.2, 0.25) is 0 Å². The normalized spacial score (nSPS) is 51.8. The molecule has 3 unspecified atom stereocenters. The number of fused-ring (bicyclic) bond motifs is 5. The van der Waals surface area contributed by atoms with Crippen molar-refractivity contribution in [1.82, 2.24) is 0 Å². The fourth-order valence-electron chi connectivity index (χ4n) is 17.2. The zero-order valence-corrected chi connectivity index (χ0v) is 51.8. The van der Waals surface area contributed by atoms with Gasteiger partial charge in [-0.15, -0.1) is 0 Å². The van der Waals surface area contributed by atoms with Crippen LogP contribution < -0.4 is 0 Å². The molecule has 19 N–H and O–H groups in total. The van der Waals surface area contributed by atoms with Crippen molar-refractivity contribution >= 4 is 0 Å². The van der Waals surface area contributed by atoms with Gasteiger partial charge in [0.05, 0.1) is 56.9 Å². The van der Waals surface area contributed by atoms with Crippen LogP contribution in [0.15, 0.2) is 11.6 Å². The standard InChI is InChI=1S/C60H102O29/c1-23(9-13-35(57(4,5)79)86-55-50(43(74)38(69)29(20-63)84-55)89-54-47(78)49(40(71)31(22-65)83-54)88-52-45(76)42(73)37(68)28(19-62)81-52)24-15-16-58(6)32-12-10-25-26(60(32,8)33(66)17-59(24,58)7)11-14-34(56(25,2)3)85-53-46(77)48(39(70)30(21-64)82-53)87-51-44(75)41(72)36(67)27(18-61)80-51/h10,23-24,26-55,61-79H,9,11-22H2,1-8H3/t23-,24?,26?,27-,28-,29-,30-,31-,32?,33-,34+,35-,36-,37-,38-,39-,40-,41+,42+,43+,44-,45-,46-,47-,48+,49+,50-,51+,52+,53+,54+,55+,58+,59-,60+/m1/s1. The minimum atomic E-state index is -2.04. The molecule has 516 valence electrons. The van der Waals surface area contributed by atoms with Gasteiger partial charge in [-0.05, 0) is 99.7 Å². The smallest absolute Gasteiger partial charge is 0.187 e. The molecule has 0 amide bonds. The van der Waals surface area contributed by atoms with Crippen LogP contribution in [0.2, 0.25) is 0 Å². The van der Waals surface area contributed by atoms with Gasteiger partial charge in [-0.25, -0.2) is 0 Å². The van der Waals surface area contributed by atoms with Crippen molar-refractivity contribution < 1.29 is 144 Å². The van der Waals surface area contributed by atoms with Crippen LogP contribution in [0.4, 0.5) is 0 Å². The minimum Gasteiger partial charge on any atom is -0.394 e. The Labute approximate surface area is 517 Å². The maximum atomic E-state index is 12.8. The molecular weight excluding hydrogens is 1180 g/mol. The third-order valence-corrected chi connectivity index (χ3v) is 22.9. The molecule has 0 radical (unpaired) electrons. The zero-order valence-electron chi connectivity index (χ0n) is 51.8. The summed E-state index contributed by atoms with van der Waals surface area (Å²) in [4.78, 5) is 0. The second kappa shape index (κ2) is 27.6. The molecule has 5 aliphatic heterocycles. The van der Waals surface area contributed by atoms with E-state index >= 15 is 0 Å². The SMILES string of the molecule is C[C@H](CC[C@@H](O[C@@H]1O[C@H](CO)[C@@H](O)[C@H](O)[C@H]1O[C@@H]1O[C@H](CO)[C@@H](O)[C@H](O[C@@H]2O[C@H](CO)[C@@H](O)[C@H](O)[C@H]2O)[C@H]1O)C(C)(C)O)C1CC[C@@]2(C)C3CC=C4C(CC[C@H](O[C@@H]5O[C@H](CO)[C@@H](O)[C@H](O[C@@H]6O[C@H](CO)[C@@H](O)[C@H](O)[C@H]6O)[C@H]5O)C4(C)C)[C@]3(C)[C@H](O)C[C@]12C. The fourth-order valence-corrected chi connectivity index (χ4v) is 17.2. The number of hydrogen-bond donors (Lipinski definition) is 19. The maximum Gasteiger partial charge on any atom is 0.187 e. The fraction of sp³-hybridized carbons (Fsp3) is 0.967. The van der Waals surface area contributed by atoms with Gasteiger partial charge in [0.15, 0.2) is 31.5 Å². The average Bonchev–Trinajstić information content (AvgIpc) is 1.66. The zero-order chi connectivity index (χ0) is 65.5. The average molecular weight is 1290 g/mol. The lowest BCUT2D eigenvalue weighted by Gasteiger charge is -2.67. The van der Waals surface area contributed by atoms with E-state index in [1.165, 1.54) is 13.8 Å². The number of hydrogen-bond acceptors (Lipinski definition) is 29. The van der Waals surface area contributed by atoms with E-state index in [9.17, 15) is 97.0 Å². The van der Waals surface area contributed by atoms with Crippen molar-refractivity contribution in [2.24, 2.45) is 45.3 Å². The molecule has 0 aromatic rings. The first-order chi connectivity index (χ1) is 41.7. The molecule has 4 aliphatic carbocycles. The first-order valence-electron chi connectivity index (χ1n) is 31.6. The number of aliphatic hydroxyl groups is 19. The van der Waals surface area contributed by atoms with E-state index in [2.05, 4.69) is 33.8 Å². The molecule has 9 rings (SSSR count). The second-order valence-electron chi connectivity index (χ2n) is 28.6. The molecule has 9 aliphatic rings. The van der Waals surface area contributed by atoms with Gasteiger partial charge in [-0.2, -0.15) is 0 Å². The van der Waals surface area contributed by atoms with Gasteiger partial charge in [-0.1, -0.05) is 53.2 Å². The van der Waals surface area contributed by atoms with Crippen molar-refractivity contribution in [3.63, 3.8) is 0 Å². The van der Waals surface area contributed by atoms with E-state index in [0.717, 1.165) is 18.4 Å². The van der Waals surface area contributed by atoms with Crippen molar-refractivity contribution in [1.29, 1.82) is 0 Å². The van der Waals surface area contributed by atoms with E-state index in [1.54, 1.807) is 0 Å². The highest BCUT2D eigenvalue weighted by Gasteiger charge is 2.71. The number of allylic oxidation sites excluding steroid dienone is 1. The van der Waals surface area contributed by atoms with Crippen LogP contribution in [0.25, 0.3) is 0 Å². The largest absolute Gasteiger partial charge is 0.394 e. The Hall–Kier alpha value is -1.42. The summed E-state index contributed by atoms with van der Waals surface area (Å²) in [5.41, 5.74) is -2.47.